The highest BCUT2D eigenvalue weighted by Crippen LogP contribution is 2.34. The van der Waals surface area contributed by atoms with Crippen molar-refractivity contribution in [3.63, 3.8) is 0 Å². The van der Waals surface area contributed by atoms with Crippen LogP contribution in [-0.2, 0) is 4.74 Å². The quantitative estimate of drug-likeness (QED) is 0.905. The Balaban J connectivity index is 1.51. The molecule has 0 unspecified atom stereocenters. The molecular weight excluding hydrogens is 292 g/mol. The number of nitrogens with zero attached hydrogens (tertiary/aromatic N) is 5. The number of morpholine rings is 1. The summed E-state index contributed by atoms with van der Waals surface area (Å²) in [5.41, 5.74) is 7.80. The van der Waals surface area contributed by atoms with Crippen LogP contribution in [0.2, 0.25) is 0 Å². The van der Waals surface area contributed by atoms with E-state index in [0.717, 1.165) is 55.9 Å². The summed E-state index contributed by atoms with van der Waals surface area (Å²) in [6, 6.07) is 1.11. The third kappa shape index (κ3) is 2.68. The van der Waals surface area contributed by atoms with Crippen LogP contribution in [-0.4, -0.2) is 57.0 Å². The second kappa shape index (κ2) is 6.05. The van der Waals surface area contributed by atoms with Gasteiger partial charge in [-0.3, -0.25) is 4.90 Å². The van der Waals surface area contributed by atoms with Gasteiger partial charge in [-0.05, 0) is 32.6 Å². The van der Waals surface area contributed by atoms with Gasteiger partial charge >= 0.3 is 0 Å². The molecule has 0 bridgehead atoms. The first kappa shape index (κ1) is 14.8. The van der Waals surface area contributed by atoms with Crippen LogP contribution in [0, 0.1) is 6.92 Å². The minimum absolute atomic E-state index is 0.415. The summed E-state index contributed by atoms with van der Waals surface area (Å²) in [7, 11) is 0. The van der Waals surface area contributed by atoms with Gasteiger partial charge in [-0.25, -0.2) is 14.6 Å². The Kier molecular flexibility index (Phi) is 3.90. The van der Waals surface area contributed by atoms with Gasteiger partial charge in [-0.1, -0.05) is 0 Å². The second-order valence-electron chi connectivity index (χ2n) is 6.60. The number of fused-ring (bicyclic) bond motifs is 1. The highest BCUT2D eigenvalue weighted by atomic mass is 16.5. The van der Waals surface area contributed by atoms with Gasteiger partial charge in [-0.15, -0.1) is 0 Å². The smallest absolute Gasteiger partial charge is 0.163 e. The van der Waals surface area contributed by atoms with Crippen LogP contribution >= 0.6 is 0 Å². The van der Waals surface area contributed by atoms with Crippen molar-refractivity contribution in [2.24, 2.45) is 0 Å². The molecule has 2 aliphatic rings. The Morgan fingerprint density at radius 3 is 2.52 bits per heavy atom. The Morgan fingerprint density at radius 2 is 1.78 bits per heavy atom. The van der Waals surface area contributed by atoms with Crippen LogP contribution in [0.15, 0.2) is 6.33 Å². The maximum absolute atomic E-state index is 6.00. The van der Waals surface area contributed by atoms with Gasteiger partial charge in [0, 0.05) is 19.1 Å². The molecule has 0 radical (unpaired) electrons. The molecule has 1 aliphatic heterocycles. The summed E-state index contributed by atoms with van der Waals surface area (Å²) in [5.74, 6) is 0.528. The second-order valence-corrected chi connectivity index (χ2v) is 6.60. The molecule has 23 heavy (non-hydrogen) atoms. The van der Waals surface area contributed by atoms with E-state index in [1.54, 1.807) is 0 Å². The van der Waals surface area contributed by atoms with Crippen LogP contribution in [0.1, 0.15) is 37.4 Å². The molecule has 2 fully saturated rings. The third-order valence-electron chi connectivity index (χ3n) is 5.27. The van der Waals surface area contributed by atoms with Crippen LogP contribution < -0.4 is 5.73 Å². The lowest BCUT2D eigenvalue weighted by molar-refractivity contribution is 0.00519. The zero-order chi connectivity index (χ0) is 15.8. The van der Waals surface area contributed by atoms with Crippen LogP contribution in [0.4, 0.5) is 5.82 Å². The number of hydrogen-bond donors (Lipinski definition) is 1. The zero-order valence-electron chi connectivity index (χ0n) is 13.6. The Labute approximate surface area is 135 Å². The summed E-state index contributed by atoms with van der Waals surface area (Å²) in [5, 5.41) is 5.62. The maximum Gasteiger partial charge on any atom is 0.163 e. The van der Waals surface area contributed by atoms with Gasteiger partial charge in [0.1, 0.15) is 12.1 Å². The predicted octanol–water partition coefficient (Wildman–Crippen LogP) is 1.53. The van der Waals surface area contributed by atoms with E-state index in [1.807, 2.05) is 6.92 Å². The molecule has 1 saturated carbocycles. The fraction of sp³-hybridized carbons (Fsp3) is 0.688. The van der Waals surface area contributed by atoms with E-state index in [4.69, 9.17) is 15.6 Å². The number of ether oxygens (including phenoxy) is 1. The van der Waals surface area contributed by atoms with Crippen molar-refractivity contribution in [1.82, 2.24) is 24.6 Å². The molecule has 7 nitrogen and oxygen atoms in total. The van der Waals surface area contributed by atoms with Gasteiger partial charge in [0.15, 0.2) is 5.65 Å². The number of aryl methyl sites for hydroxylation is 1. The van der Waals surface area contributed by atoms with Gasteiger partial charge in [-0.2, -0.15) is 5.10 Å². The van der Waals surface area contributed by atoms with Crippen molar-refractivity contribution < 1.29 is 4.74 Å². The van der Waals surface area contributed by atoms with Crippen LogP contribution in [0.5, 0.6) is 0 Å². The molecule has 4 rings (SSSR count). The largest absolute Gasteiger partial charge is 0.383 e. The van der Waals surface area contributed by atoms with Gasteiger partial charge < -0.3 is 10.5 Å². The molecule has 0 spiro atoms. The third-order valence-corrected chi connectivity index (χ3v) is 5.27. The van der Waals surface area contributed by atoms with Crippen molar-refractivity contribution >= 4 is 16.9 Å². The first-order valence-corrected chi connectivity index (χ1v) is 8.51. The fourth-order valence-electron chi connectivity index (χ4n) is 4.03. The molecule has 7 heteroatoms. The summed E-state index contributed by atoms with van der Waals surface area (Å²) in [6.07, 6.45) is 6.25. The van der Waals surface area contributed by atoms with Crippen molar-refractivity contribution in [3.8, 4) is 0 Å². The maximum atomic E-state index is 6.00. The van der Waals surface area contributed by atoms with E-state index >= 15 is 0 Å². The van der Waals surface area contributed by atoms with Crippen LogP contribution in [0.25, 0.3) is 11.0 Å². The zero-order valence-corrected chi connectivity index (χ0v) is 13.6. The molecule has 2 aromatic heterocycles. The number of anilines is 1. The molecule has 2 aromatic rings. The fourth-order valence-corrected chi connectivity index (χ4v) is 4.03. The Hall–Kier alpha value is -1.73. The van der Waals surface area contributed by atoms with E-state index in [-0.39, 0.29) is 0 Å². The molecular formula is C16H24N6O. The van der Waals surface area contributed by atoms with Gasteiger partial charge in [0.25, 0.3) is 0 Å². The minimum Gasteiger partial charge on any atom is -0.383 e. The monoisotopic (exact) mass is 316 g/mol. The molecule has 0 aromatic carbocycles. The van der Waals surface area contributed by atoms with Crippen molar-refractivity contribution in [3.05, 3.63) is 12.0 Å². The standard InChI is InChI=1S/C16H24N6O/c1-11-14-15(17)18-10-19-16(14)22(20-11)13-4-2-12(3-5-13)21-6-8-23-9-7-21/h10,12-13H,2-9H2,1H3,(H2,17,18,19). The Morgan fingerprint density at radius 1 is 1.09 bits per heavy atom. The molecule has 1 aliphatic carbocycles. The SMILES string of the molecule is Cc1nn(C2CCC(N3CCOCC3)CC2)c2ncnc(N)c12. The lowest BCUT2D eigenvalue weighted by Crippen LogP contribution is -2.45. The highest BCUT2D eigenvalue weighted by molar-refractivity contribution is 5.87. The lowest BCUT2D eigenvalue weighted by Gasteiger charge is -2.38. The lowest BCUT2D eigenvalue weighted by atomic mass is 9.90. The van der Waals surface area contributed by atoms with Gasteiger partial charge in [0.05, 0.1) is 30.3 Å². The number of nitrogens with two attached hydrogens (primary N) is 1. The number of nitrogen functional groups attached to an aromatic ring is 1. The number of hydrogen-bond acceptors (Lipinski definition) is 6. The number of rotatable bonds is 2. The van der Waals surface area contributed by atoms with E-state index in [1.165, 1.54) is 19.2 Å². The first-order valence-electron chi connectivity index (χ1n) is 8.51. The summed E-state index contributed by atoms with van der Waals surface area (Å²) >= 11 is 0. The van der Waals surface area contributed by atoms with E-state index in [9.17, 15) is 0 Å². The molecule has 0 atom stereocenters. The minimum atomic E-state index is 0.415. The normalized spacial score (nSPS) is 26.7. The summed E-state index contributed by atoms with van der Waals surface area (Å²) in [4.78, 5) is 11.1. The van der Waals surface area contributed by atoms with Crippen LogP contribution in [0.3, 0.4) is 0 Å². The average Bonchev–Trinajstić information content (AvgIpc) is 2.94. The predicted molar refractivity (Wildman–Crippen MR) is 88.2 cm³/mol. The molecule has 124 valence electrons. The topological polar surface area (TPSA) is 82.1 Å². The molecule has 3 heterocycles. The Bertz CT molecular complexity index is 685. The van der Waals surface area contributed by atoms with Gasteiger partial charge in [0.2, 0.25) is 0 Å². The molecule has 1 saturated heterocycles. The number of aromatic nitrogens is 4. The van der Waals surface area contributed by atoms with Crippen molar-refractivity contribution in [1.29, 1.82) is 0 Å². The summed E-state index contributed by atoms with van der Waals surface area (Å²) in [6.45, 7) is 5.88. The van der Waals surface area contributed by atoms with E-state index in [2.05, 4.69) is 19.5 Å². The van der Waals surface area contributed by atoms with E-state index < -0.39 is 0 Å². The molecule has 2 N–H and O–H groups in total. The molecule has 0 amide bonds. The average molecular weight is 316 g/mol. The first-order chi connectivity index (χ1) is 11.2. The van der Waals surface area contributed by atoms with E-state index in [0.29, 0.717) is 17.9 Å². The summed E-state index contributed by atoms with van der Waals surface area (Å²) < 4.78 is 7.54. The van der Waals surface area contributed by atoms with Crippen molar-refractivity contribution in [2.45, 2.75) is 44.7 Å². The highest BCUT2D eigenvalue weighted by Gasteiger charge is 2.29. The van der Waals surface area contributed by atoms with Crippen molar-refractivity contribution in [2.75, 3.05) is 32.0 Å².